The van der Waals surface area contributed by atoms with Crippen LogP contribution in [0.5, 0.6) is 0 Å². The summed E-state index contributed by atoms with van der Waals surface area (Å²) in [4.78, 5) is 13.7. The summed E-state index contributed by atoms with van der Waals surface area (Å²) in [5, 5.41) is 0. The molecule has 0 aromatic rings. The number of hydrogen-bond acceptors (Lipinski definition) is 3. The summed E-state index contributed by atoms with van der Waals surface area (Å²) in [6.07, 6.45) is 2.41. The molecule has 0 saturated carbocycles. The van der Waals surface area contributed by atoms with Gasteiger partial charge in [-0.25, -0.2) is 0 Å². The van der Waals surface area contributed by atoms with Crippen molar-refractivity contribution in [3.8, 4) is 0 Å². The van der Waals surface area contributed by atoms with Crippen molar-refractivity contribution in [2.45, 2.75) is 46.3 Å². The zero-order valence-electron chi connectivity index (χ0n) is 9.37. The molecule has 14 heavy (non-hydrogen) atoms. The van der Waals surface area contributed by atoms with E-state index in [1.807, 2.05) is 6.92 Å². The van der Waals surface area contributed by atoms with Crippen LogP contribution in [-0.2, 0) is 9.22 Å². The van der Waals surface area contributed by atoms with Gasteiger partial charge in [-0.3, -0.25) is 9.69 Å². The van der Waals surface area contributed by atoms with Gasteiger partial charge in [-0.2, -0.15) is 0 Å². The SMILES string of the molecule is CCCC(O[SiH3])N(C(C)=O)C(=S)CC. The first-order chi connectivity index (χ1) is 6.58. The number of carbonyl (C=O) groups is 1. The second-order valence-electron chi connectivity index (χ2n) is 3.12. The van der Waals surface area contributed by atoms with E-state index in [4.69, 9.17) is 16.6 Å². The van der Waals surface area contributed by atoms with E-state index in [0.29, 0.717) is 21.9 Å². The highest BCUT2D eigenvalue weighted by Crippen LogP contribution is 2.11. The summed E-state index contributed by atoms with van der Waals surface area (Å²) in [6, 6.07) is 0. The number of carbonyl (C=O) groups excluding carboxylic acids is 1. The smallest absolute Gasteiger partial charge is 0.226 e. The second kappa shape index (κ2) is 7.08. The Morgan fingerprint density at radius 2 is 2.14 bits per heavy atom. The lowest BCUT2D eigenvalue weighted by molar-refractivity contribution is -0.130. The Labute approximate surface area is 94.3 Å². The van der Waals surface area contributed by atoms with Crippen molar-refractivity contribution in [2.75, 3.05) is 0 Å². The maximum atomic E-state index is 11.4. The van der Waals surface area contributed by atoms with Crippen LogP contribution in [0.4, 0.5) is 0 Å². The molecule has 1 atom stereocenters. The minimum Gasteiger partial charge on any atom is -0.408 e. The Morgan fingerprint density at radius 3 is 2.43 bits per heavy atom. The van der Waals surface area contributed by atoms with Crippen LogP contribution in [0.3, 0.4) is 0 Å². The summed E-state index contributed by atoms with van der Waals surface area (Å²) in [5.74, 6) is -0.0221. The predicted molar refractivity (Wildman–Crippen MR) is 65.1 cm³/mol. The molecule has 0 saturated heterocycles. The number of amides is 1. The predicted octanol–water partition coefficient (Wildman–Crippen LogP) is 0.996. The van der Waals surface area contributed by atoms with Crippen molar-refractivity contribution >= 4 is 33.6 Å². The third-order valence-electron chi connectivity index (χ3n) is 2.01. The maximum Gasteiger partial charge on any atom is 0.226 e. The van der Waals surface area contributed by atoms with Crippen molar-refractivity contribution in [3.05, 3.63) is 0 Å². The van der Waals surface area contributed by atoms with E-state index in [-0.39, 0.29) is 12.1 Å². The molecular formula is C9H19NO2SSi. The van der Waals surface area contributed by atoms with E-state index >= 15 is 0 Å². The monoisotopic (exact) mass is 233 g/mol. The molecule has 0 fully saturated rings. The van der Waals surface area contributed by atoms with Crippen molar-refractivity contribution in [3.63, 3.8) is 0 Å². The summed E-state index contributed by atoms with van der Waals surface area (Å²) in [7, 11) is 0.625. The van der Waals surface area contributed by atoms with E-state index in [9.17, 15) is 4.79 Å². The largest absolute Gasteiger partial charge is 0.408 e. The van der Waals surface area contributed by atoms with Gasteiger partial charge in [-0.05, 0) is 12.8 Å². The Bertz CT molecular complexity index is 211. The van der Waals surface area contributed by atoms with Crippen LogP contribution in [0.25, 0.3) is 0 Å². The lowest BCUT2D eigenvalue weighted by Crippen LogP contribution is -2.43. The highest BCUT2D eigenvalue weighted by molar-refractivity contribution is 7.80. The first-order valence-electron chi connectivity index (χ1n) is 4.93. The van der Waals surface area contributed by atoms with Crippen molar-refractivity contribution < 1.29 is 9.22 Å². The average molecular weight is 233 g/mol. The number of hydrogen-bond donors (Lipinski definition) is 0. The van der Waals surface area contributed by atoms with E-state index in [1.54, 1.807) is 4.90 Å². The number of nitrogens with zero attached hydrogens (tertiary/aromatic N) is 1. The quantitative estimate of drug-likeness (QED) is 0.403. The third-order valence-corrected chi connectivity index (χ3v) is 3.04. The van der Waals surface area contributed by atoms with E-state index in [2.05, 4.69) is 6.92 Å². The molecule has 0 aliphatic heterocycles. The third kappa shape index (κ3) is 3.85. The summed E-state index contributed by atoms with van der Waals surface area (Å²) < 4.78 is 5.39. The van der Waals surface area contributed by atoms with Crippen LogP contribution >= 0.6 is 12.2 Å². The Hall–Kier alpha value is -0.263. The molecule has 0 aliphatic rings. The van der Waals surface area contributed by atoms with Gasteiger partial charge >= 0.3 is 0 Å². The van der Waals surface area contributed by atoms with E-state index < -0.39 is 0 Å². The molecule has 0 aromatic heterocycles. The first-order valence-corrected chi connectivity index (χ1v) is 6.16. The Balaban J connectivity index is 4.60. The maximum absolute atomic E-state index is 11.4. The van der Waals surface area contributed by atoms with Crippen LogP contribution < -0.4 is 0 Å². The Morgan fingerprint density at radius 1 is 1.57 bits per heavy atom. The summed E-state index contributed by atoms with van der Waals surface area (Å²) >= 11 is 5.15. The van der Waals surface area contributed by atoms with Crippen LogP contribution in [0.2, 0.25) is 0 Å². The van der Waals surface area contributed by atoms with Gasteiger partial charge in [0.1, 0.15) is 16.7 Å². The molecule has 0 bridgehead atoms. The minimum absolute atomic E-state index is 0.0221. The van der Waals surface area contributed by atoms with Crippen molar-refractivity contribution in [2.24, 2.45) is 0 Å². The number of thiocarbonyl (C=S) groups is 1. The van der Waals surface area contributed by atoms with Gasteiger partial charge in [0.25, 0.3) is 0 Å². The second-order valence-corrected chi connectivity index (χ2v) is 4.06. The first kappa shape index (κ1) is 13.7. The molecule has 0 spiro atoms. The molecule has 0 N–H and O–H groups in total. The fourth-order valence-electron chi connectivity index (χ4n) is 1.31. The normalized spacial score (nSPS) is 12.5. The molecule has 1 unspecified atom stereocenters. The van der Waals surface area contributed by atoms with Crippen molar-refractivity contribution in [1.82, 2.24) is 4.90 Å². The Kier molecular flexibility index (Phi) is 6.95. The molecule has 0 aromatic carbocycles. The van der Waals surface area contributed by atoms with Gasteiger partial charge in [0.15, 0.2) is 0 Å². The molecule has 1 amide bonds. The van der Waals surface area contributed by atoms with Crippen LogP contribution in [-0.4, -0.2) is 32.5 Å². The van der Waals surface area contributed by atoms with E-state index in [0.717, 1.165) is 12.8 Å². The van der Waals surface area contributed by atoms with Crippen LogP contribution in [0.1, 0.15) is 40.0 Å². The fraction of sp³-hybridized carbons (Fsp3) is 0.778. The van der Waals surface area contributed by atoms with Crippen LogP contribution in [0.15, 0.2) is 0 Å². The van der Waals surface area contributed by atoms with Gasteiger partial charge in [-0.1, -0.05) is 32.5 Å². The van der Waals surface area contributed by atoms with Gasteiger partial charge in [0.2, 0.25) is 5.91 Å². The molecule has 82 valence electrons. The molecule has 0 heterocycles. The highest BCUT2D eigenvalue weighted by atomic mass is 32.1. The van der Waals surface area contributed by atoms with Gasteiger partial charge < -0.3 is 4.43 Å². The molecular weight excluding hydrogens is 214 g/mol. The summed E-state index contributed by atoms with van der Waals surface area (Å²) in [6.45, 7) is 5.56. The highest BCUT2D eigenvalue weighted by Gasteiger charge is 2.22. The summed E-state index contributed by atoms with van der Waals surface area (Å²) in [5.41, 5.74) is 0. The van der Waals surface area contributed by atoms with E-state index in [1.165, 1.54) is 6.92 Å². The van der Waals surface area contributed by atoms with Gasteiger partial charge in [0.05, 0.1) is 4.99 Å². The fourth-order valence-corrected chi connectivity index (χ4v) is 2.00. The minimum atomic E-state index is -0.142. The lowest BCUT2D eigenvalue weighted by Gasteiger charge is -2.30. The molecule has 0 radical (unpaired) electrons. The lowest BCUT2D eigenvalue weighted by atomic mass is 10.2. The molecule has 0 aliphatic carbocycles. The van der Waals surface area contributed by atoms with Crippen LogP contribution in [0, 0.1) is 0 Å². The average Bonchev–Trinajstić information content (AvgIpc) is 2.16. The molecule has 3 nitrogen and oxygen atoms in total. The zero-order chi connectivity index (χ0) is 11.1. The topological polar surface area (TPSA) is 29.5 Å². The number of rotatable bonds is 5. The van der Waals surface area contributed by atoms with Crippen molar-refractivity contribution in [1.29, 1.82) is 0 Å². The molecule has 0 rings (SSSR count). The van der Waals surface area contributed by atoms with Gasteiger partial charge in [0, 0.05) is 6.92 Å². The molecule has 5 heteroatoms. The zero-order valence-corrected chi connectivity index (χ0v) is 12.2. The van der Waals surface area contributed by atoms with Gasteiger partial charge in [-0.15, -0.1) is 0 Å². The standard InChI is InChI=1S/C9H19NO2SSi/c1-4-6-8(12-14)10(7(3)11)9(13)5-2/h8H,4-6H2,1-3,14H3.